The normalized spacial score (nSPS) is 10.8. The van der Waals surface area contributed by atoms with Crippen molar-refractivity contribution in [2.24, 2.45) is 0 Å². The second-order valence-electron chi connectivity index (χ2n) is 10.4. The van der Waals surface area contributed by atoms with E-state index < -0.39 is 11.9 Å². The molecule has 6 rings (SSSR count). The number of aromatic nitrogens is 2. The molecule has 8 nitrogen and oxygen atoms in total. The van der Waals surface area contributed by atoms with Crippen LogP contribution in [0.4, 0.5) is 8.78 Å². The summed E-state index contributed by atoms with van der Waals surface area (Å²) in [5.74, 6) is -3.11. The second-order valence-corrected chi connectivity index (χ2v) is 10.4. The lowest BCUT2D eigenvalue weighted by atomic mass is 10.00. The molecule has 0 saturated carbocycles. The van der Waals surface area contributed by atoms with Gasteiger partial charge in [0.2, 0.25) is 11.5 Å². The SMILES string of the molecule is C.C=C(C)c1cc(-c2ccc(F)cc2)nc2cc(C(=O)O)oc12.CC(C)c1cc(-c2ccc(F)cc2)nc2cc(C(=O)O)oc12.[2HH]. The van der Waals surface area contributed by atoms with Crippen LogP contribution in [0, 0.1) is 11.6 Å². The van der Waals surface area contributed by atoms with Gasteiger partial charge in [0.05, 0.1) is 11.4 Å². The third kappa shape index (κ3) is 6.80. The molecule has 232 valence electrons. The van der Waals surface area contributed by atoms with Crippen LogP contribution in [0.1, 0.15) is 67.8 Å². The molecule has 0 amide bonds. The number of allylic oxidation sites excluding steroid dienone is 1. The number of hydrogen-bond donors (Lipinski definition) is 2. The van der Waals surface area contributed by atoms with Gasteiger partial charge in [0, 0.05) is 35.8 Å². The van der Waals surface area contributed by atoms with Crippen LogP contribution in [0.2, 0.25) is 0 Å². The molecule has 0 spiro atoms. The van der Waals surface area contributed by atoms with E-state index in [9.17, 15) is 18.4 Å². The van der Waals surface area contributed by atoms with Crippen molar-refractivity contribution in [2.45, 2.75) is 34.1 Å². The highest BCUT2D eigenvalue weighted by atomic mass is 19.1. The first-order valence-electron chi connectivity index (χ1n) is 13.4. The van der Waals surface area contributed by atoms with Crippen LogP contribution in [-0.4, -0.2) is 32.1 Å². The van der Waals surface area contributed by atoms with Crippen LogP contribution in [-0.2, 0) is 0 Å². The lowest BCUT2D eigenvalue weighted by Crippen LogP contribution is -1.93. The Morgan fingerprint density at radius 2 is 1.18 bits per heavy atom. The average Bonchev–Trinajstić information content (AvgIpc) is 3.62. The van der Waals surface area contributed by atoms with Crippen LogP contribution in [0.15, 0.2) is 88.2 Å². The number of fused-ring (bicyclic) bond motifs is 2. The Morgan fingerprint density at radius 1 is 0.756 bits per heavy atom. The summed E-state index contributed by atoms with van der Waals surface area (Å²) in [6.07, 6.45) is 0. The van der Waals surface area contributed by atoms with Gasteiger partial charge in [-0.25, -0.2) is 28.3 Å². The molecule has 0 atom stereocenters. The van der Waals surface area contributed by atoms with Gasteiger partial charge in [0.1, 0.15) is 22.7 Å². The van der Waals surface area contributed by atoms with Gasteiger partial charge in [0.25, 0.3) is 0 Å². The van der Waals surface area contributed by atoms with Crippen LogP contribution in [0.5, 0.6) is 0 Å². The van der Waals surface area contributed by atoms with E-state index >= 15 is 0 Å². The molecule has 6 aromatic rings. The molecule has 0 unspecified atom stereocenters. The Hall–Kier alpha value is -5.64. The Bertz CT molecular complexity index is 2050. The fourth-order valence-electron chi connectivity index (χ4n) is 4.56. The lowest BCUT2D eigenvalue weighted by Gasteiger charge is -2.09. The van der Waals surface area contributed by atoms with Crippen molar-refractivity contribution >= 4 is 39.7 Å². The van der Waals surface area contributed by atoms with Crippen LogP contribution >= 0.6 is 0 Å². The standard InChI is InChI=1S/C17H14FNO3.C17H12FNO3.CH4.H2/c2*1-9(2)12-7-13(10-3-5-11(18)6-4-10)19-14-8-15(17(20)21)22-16(12)14;;/h3-9H,1-2H3,(H,20,21);3-8H,1H2,2H3,(H,20,21);1H4;1H/i;;;1+1. The molecule has 10 heteroatoms. The fraction of sp³-hybridized carbons (Fsp3) is 0.143. The average molecular weight is 616 g/mol. The van der Waals surface area contributed by atoms with Crippen molar-refractivity contribution in [2.75, 3.05) is 0 Å². The largest absolute Gasteiger partial charge is 0.475 e. The smallest absolute Gasteiger partial charge is 0.371 e. The molecule has 45 heavy (non-hydrogen) atoms. The van der Waals surface area contributed by atoms with Crippen molar-refractivity contribution in [3.63, 3.8) is 0 Å². The van der Waals surface area contributed by atoms with Gasteiger partial charge in [-0.15, -0.1) is 0 Å². The van der Waals surface area contributed by atoms with E-state index in [4.69, 9.17) is 19.0 Å². The van der Waals surface area contributed by atoms with E-state index in [0.717, 1.165) is 22.3 Å². The molecule has 0 aliphatic carbocycles. The van der Waals surface area contributed by atoms with Crippen molar-refractivity contribution in [3.05, 3.63) is 114 Å². The number of furan rings is 2. The molecule has 0 radical (unpaired) electrons. The Kier molecular flexibility index (Phi) is 9.27. The molecule has 0 fully saturated rings. The first kappa shape index (κ1) is 32.3. The number of rotatable bonds is 6. The number of benzene rings is 2. The molecule has 0 saturated heterocycles. The highest BCUT2D eigenvalue weighted by molar-refractivity contribution is 5.95. The number of pyridine rings is 2. The molecule has 0 bridgehead atoms. The highest BCUT2D eigenvalue weighted by Crippen LogP contribution is 2.32. The fourth-order valence-corrected chi connectivity index (χ4v) is 4.56. The summed E-state index contributed by atoms with van der Waals surface area (Å²) in [5.41, 5.74) is 6.81. The number of carboxylic acids is 2. The van der Waals surface area contributed by atoms with Gasteiger partial charge in [-0.2, -0.15) is 0 Å². The van der Waals surface area contributed by atoms with E-state index in [1.54, 1.807) is 37.3 Å². The van der Waals surface area contributed by atoms with E-state index in [0.29, 0.717) is 39.2 Å². The van der Waals surface area contributed by atoms with Crippen LogP contribution in [0.3, 0.4) is 0 Å². The predicted octanol–water partition coefficient (Wildman–Crippen LogP) is 9.70. The summed E-state index contributed by atoms with van der Waals surface area (Å²) in [6, 6.07) is 18.4. The van der Waals surface area contributed by atoms with Crippen molar-refractivity contribution in [1.82, 2.24) is 9.97 Å². The summed E-state index contributed by atoms with van der Waals surface area (Å²) in [5, 5.41) is 18.1. The first-order valence-corrected chi connectivity index (χ1v) is 13.4. The summed E-state index contributed by atoms with van der Waals surface area (Å²) >= 11 is 0. The Labute approximate surface area is 258 Å². The Morgan fingerprint density at radius 3 is 1.60 bits per heavy atom. The summed E-state index contributed by atoms with van der Waals surface area (Å²) < 4.78 is 36.9. The molecule has 2 N–H and O–H groups in total. The third-order valence-corrected chi connectivity index (χ3v) is 6.77. The third-order valence-electron chi connectivity index (χ3n) is 6.77. The van der Waals surface area contributed by atoms with Gasteiger partial charge in [0.15, 0.2) is 11.2 Å². The molecular formula is C35H32F2N2O6. The minimum Gasteiger partial charge on any atom is -0.475 e. The van der Waals surface area contributed by atoms with E-state index in [-0.39, 0.29) is 37.9 Å². The summed E-state index contributed by atoms with van der Waals surface area (Å²) in [7, 11) is 0. The van der Waals surface area contributed by atoms with E-state index in [1.165, 1.54) is 36.4 Å². The lowest BCUT2D eigenvalue weighted by molar-refractivity contribution is 0.0655. The number of aromatic carboxylic acids is 2. The Balaban J connectivity index is 0.000000240. The van der Waals surface area contributed by atoms with Gasteiger partial charge >= 0.3 is 11.9 Å². The molecule has 4 heterocycles. The number of nitrogens with zero attached hydrogens (tertiary/aromatic N) is 2. The number of hydrogen-bond acceptors (Lipinski definition) is 6. The zero-order chi connectivity index (χ0) is 31.7. The quantitative estimate of drug-likeness (QED) is 0.190. The minimum atomic E-state index is -1.16. The molecule has 2 aromatic carbocycles. The summed E-state index contributed by atoms with van der Waals surface area (Å²) in [4.78, 5) is 31.0. The number of carbonyl (C=O) groups is 2. The zero-order valence-corrected chi connectivity index (χ0v) is 23.9. The van der Waals surface area contributed by atoms with E-state index in [1.807, 2.05) is 19.9 Å². The first-order chi connectivity index (χ1) is 20.9. The minimum absolute atomic E-state index is 0. The molecule has 0 aliphatic rings. The summed E-state index contributed by atoms with van der Waals surface area (Å²) in [6.45, 7) is 9.67. The molecule has 0 aliphatic heterocycles. The monoisotopic (exact) mass is 615 g/mol. The maximum atomic E-state index is 13.1. The van der Waals surface area contributed by atoms with Crippen LogP contribution < -0.4 is 0 Å². The van der Waals surface area contributed by atoms with Gasteiger partial charge in [-0.1, -0.05) is 27.9 Å². The predicted molar refractivity (Wildman–Crippen MR) is 170 cm³/mol. The highest BCUT2D eigenvalue weighted by Gasteiger charge is 2.19. The molecule has 4 aromatic heterocycles. The number of halogens is 2. The second kappa shape index (κ2) is 12.9. The topological polar surface area (TPSA) is 127 Å². The van der Waals surface area contributed by atoms with Crippen molar-refractivity contribution < 1.29 is 38.8 Å². The van der Waals surface area contributed by atoms with E-state index in [2.05, 4.69) is 16.5 Å². The maximum absolute atomic E-state index is 13.1. The number of carboxylic acid groups (broad SMARTS) is 2. The zero-order valence-electron chi connectivity index (χ0n) is 23.9. The van der Waals surface area contributed by atoms with Crippen molar-refractivity contribution in [3.8, 4) is 22.5 Å². The van der Waals surface area contributed by atoms with Gasteiger partial charge in [-0.3, -0.25) is 0 Å². The van der Waals surface area contributed by atoms with Gasteiger partial charge < -0.3 is 19.0 Å². The van der Waals surface area contributed by atoms with Crippen molar-refractivity contribution in [1.29, 1.82) is 0 Å². The van der Waals surface area contributed by atoms with Gasteiger partial charge in [-0.05, 0) is 79.1 Å². The van der Waals surface area contributed by atoms with Crippen LogP contribution in [0.25, 0.3) is 50.3 Å². The molecular weight excluding hydrogens is 582 g/mol. The maximum Gasteiger partial charge on any atom is 0.371 e.